The zero-order valence-corrected chi connectivity index (χ0v) is 24.7. The van der Waals surface area contributed by atoms with Crippen LogP contribution in [0.25, 0.3) is 0 Å². The molecule has 1 aromatic carbocycles. The number of carbonyl (C=O) groups is 3. The van der Waals surface area contributed by atoms with Crippen LogP contribution in [0.4, 0.5) is 5.13 Å². The van der Waals surface area contributed by atoms with Crippen LogP contribution in [0, 0.1) is 22.7 Å². The third-order valence-corrected chi connectivity index (χ3v) is 11.1. The van der Waals surface area contributed by atoms with Crippen LogP contribution in [0.2, 0.25) is 0 Å². The number of nitrogens with one attached hydrogen (secondary N) is 1. The molecular weight excluding hydrogens is 544 g/mol. The Morgan fingerprint density at radius 3 is 2.46 bits per heavy atom. The van der Waals surface area contributed by atoms with Gasteiger partial charge in [0.2, 0.25) is 11.8 Å². The molecule has 5 rings (SSSR count). The van der Waals surface area contributed by atoms with Crippen LogP contribution in [-0.4, -0.2) is 70.7 Å². The van der Waals surface area contributed by atoms with Crippen LogP contribution in [0.3, 0.4) is 0 Å². The number of amides is 3. The molecule has 1 saturated carbocycles. The average molecular weight is 585 g/mol. The summed E-state index contributed by atoms with van der Waals surface area (Å²) in [4.78, 5) is 46.0. The van der Waals surface area contributed by atoms with Gasteiger partial charge in [-0.25, -0.2) is 4.98 Å². The van der Waals surface area contributed by atoms with Crippen LogP contribution in [0.15, 0.2) is 24.3 Å². The smallest absolute Gasteiger partial charge is 0.257 e. The highest BCUT2D eigenvalue weighted by atomic mass is 32.1. The number of anilines is 1. The van der Waals surface area contributed by atoms with E-state index >= 15 is 0 Å². The van der Waals surface area contributed by atoms with Crippen molar-refractivity contribution >= 4 is 34.2 Å². The first-order valence-corrected chi connectivity index (χ1v) is 15.1. The molecule has 0 bridgehead atoms. The molecule has 11 heteroatoms. The lowest BCUT2D eigenvalue weighted by Gasteiger charge is -2.58. The van der Waals surface area contributed by atoms with Gasteiger partial charge in [0.25, 0.3) is 5.91 Å². The number of aliphatic hydroxyl groups is 2. The van der Waals surface area contributed by atoms with E-state index in [-0.39, 0.29) is 48.5 Å². The summed E-state index contributed by atoms with van der Waals surface area (Å²) in [6, 6.07) is 6.83. The van der Waals surface area contributed by atoms with E-state index in [1.54, 1.807) is 31.4 Å². The van der Waals surface area contributed by atoms with E-state index < -0.39 is 16.9 Å². The fourth-order valence-electron chi connectivity index (χ4n) is 7.33. The standard InChI is InChI=1S/C30H40N4O6S/c1-29-11-8-23(36)30(2,16-35)22(29)15-21-25(20(29)14-24(37)34-12-9-17(10-13-34)26(31)38)32-28(41-21)33-27(39)18-4-6-19(40-3)7-5-18/h4-7,17,20,22-23,35-36H,8-16H2,1-3H3,(H2,31,38)(H,32,33,39)/t20-,22+,23-,29+,30+/m1/s1. The molecule has 0 unspecified atom stereocenters. The number of aromatic nitrogens is 1. The van der Waals surface area contributed by atoms with Crippen molar-refractivity contribution in [3.05, 3.63) is 40.4 Å². The minimum absolute atomic E-state index is 0.000567. The van der Waals surface area contributed by atoms with Gasteiger partial charge in [-0.2, -0.15) is 0 Å². The summed E-state index contributed by atoms with van der Waals surface area (Å²) in [5.41, 5.74) is 5.66. The lowest BCUT2D eigenvalue weighted by atomic mass is 9.47. The Morgan fingerprint density at radius 2 is 1.85 bits per heavy atom. The normalized spacial score (nSPS) is 29.8. The van der Waals surface area contributed by atoms with Gasteiger partial charge in [0.1, 0.15) is 5.75 Å². The number of methoxy groups -OCH3 is 1. The Hall–Kier alpha value is -3.02. The molecule has 3 aliphatic rings. The van der Waals surface area contributed by atoms with Crippen LogP contribution in [-0.2, 0) is 16.0 Å². The molecule has 1 aliphatic heterocycles. The number of hydrogen-bond acceptors (Lipinski definition) is 8. The second-order valence-corrected chi connectivity index (χ2v) is 13.4. The van der Waals surface area contributed by atoms with Gasteiger partial charge in [-0.05, 0) is 67.7 Å². The van der Waals surface area contributed by atoms with Crippen LogP contribution < -0.4 is 15.8 Å². The molecule has 41 heavy (non-hydrogen) atoms. The zero-order valence-electron chi connectivity index (χ0n) is 23.9. The van der Waals surface area contributed by atoms with Gasteiger partial charge in [0.15, 0.2) is 5.13 Å². The number of benzene rings is 1. The van der Waals surface area contributed by atoms with E-state index in [4.69, 9.17) is 15.5 Å². The van der Waals surface area contributed by atoms with Crippen LogP contribution >= 0.6 is 11.3 Å². The minimum Gasteiger partial charge on any atom is -0.497 e. The van der Waals surface area contributed by atoms with E-state index in [0.29, 0.717) is 61.6 Å². The fraction of sp³-hybridized carbons (Fsp3) is 0.600. The van der Waals surface area contributed by atoms with Crippen molar-refractivity contribution in [2.24, 2.45) is 28.4 Å². The van der Waals surface area contributed by atoms with Crippen molar-refractivity contribution in [3.8, 4) is 5.75 Å². The molecule has 2 aromatic rings. The number of thiazole rings is 1. The molecule has 2 fully saturated rings. The Bertz CT molecular complexity index is 1310. The highest BCUT2D eigenvalue weighted by Gasteiger charge is 2.59. The topological polar surface area (TPSA) is 155 Å². The van der Waals surface area contributed by atoms with E-state index in [1.165, 1.54) is 11.3 Å². The van der Waals surface area contributed by atoms with Gasteiger partial charge in [-0.1, -0.05) is 13.8 Å². The SMILES string of the molecule is COc1ccc(C(=O)Nc2nc3c(s2)C[C@@H]2[C@](C)(CO)[C@H](O)CC[C@@]2(C)[C@@H]3CC(=O)N2CCC(C(N)=O)CC2)cc1. The van der Waals surface area contributed by atoms with Crippen molar-refractivity contribution < 1.29 is 29.3 Å². The number of hydrogen-bond donors (Lipinski definition) is 4. The van der Waals surface area contributed by atoms with Gasteiger partial charge >= 0.3 is 0 Å². The Balaban J connectivity index is 1.44. The molecule has 10 nitrogen and oxygen atoms in total. The lowest BCUT2D eigenvalue weighted by molar-refractivity contribution is -0.148. The summed E-state index contributed by atoms with van der Waals surface area (Å²) >= 11 is 1.40. The maximum atomic E-state index is 13.7. The summed E-state index contributed by atoms with van der Waals surface area (Å²) in [5.74, 6) is -0.494. The van der Waals surface area contributed by atoms with Gasteiger partial charge < -0.3 is 25.6 Å². The first-order valence-electron chi connectivity index (χ1n) is 14.3. The molecule has 2 aliphatic carbocycles. The third kappa shape index (κ3) is 5.35. The first kappa shape index (κ1) is 29.5. The Morgan fingerprint density at radius 1 is 1.17 bits per heavy atom. The Labute approximate surface area is 244 Å². The number of likely N-dealkylation sites (tertiary alicyclic amines) is 1. The number of piperidine rings is 1. The largest absolute Gasteiger partial charge is 0.497 e. The summed E-state index contributed by atoms with van der Waals surface area (Å²) in [6.07, 6.45) is 2.52. The monoisotopic (exact) mass is 584 g/mol. The number of carbonyl (C=O) groups excluding carboxylic acids is 3. The number of primary amides is 1. The highest BCUT2D eigenvalue weighted by Crippen LogP contribution is 2.63. The van der Waals surface area contributed by atoms with Gasteiger partial charge in [0, 0.05) is 47.2 Å². The van der Waals surface area contributed by atoms with Crippen molar-refractivity contribution in [3.63, 3.8) is 0 Å². The molecule has 222 valence electrons. The quantitative estimate of drug-likeness (QED) is 0.390. The van der Waals surface area contributed by atoms with Crippen LogP contribution in [0.5, 0.6) is 5.75 Å². The Kier molecular flexibility index (Phi) is 8.15. The summed E-state index contributed by atoms with van der Waals surface area (Å²) in [7, 11) is 1.57. The van der Waals surface area contributed by atoms with E-state index in [9.17, 15) is 24.6 Å². The zero-order chi connectivity index (χ0) is 29.5. The summed E-state index contributed by atoms with van der Waals surface area (Å²) in [6.45, 7) is 4.90. The maximum Gasteiger partial charge on any atom is 0.257 e. The molecule has 0 spiro atoms. The predicted octanol–water partition coefficient (Wildman–Crippen LogP) is 2.93. The minimum atomic E-state index is -0.734. The number of nitrogens with zero attached hydrogens (tertiary/aromatic N) is 2. The lowest BCUT2D eigenvalue weighted by Crippen LogP contribution is -2.58. The summed E-state index contributed by atoms with van der Waals surface area (Å²) < 4.78 is 5.19. The first-order chi connectivity index (χ1) is 19.5. The predicted molar refractivity (Wildman–Crippen MR) is 155 cm³/mol. The van der Waals surface area contributed by atoms with Crippen molar-refractivity contribution in [2.45, 2.75) is 64.4 Å². The molecule has 5 atom stereocenters. The molecule has 0 radical (unpaired) electrons. The van der Waals surface area contributed by atoms with Gasteiger partial charge in [0.05, 0.1) is 25.5 Å². The van der Waals surface area contributed by atoms with E-state index in [0.717, 1.165) is 10.6 Å². The van der Waals surface area contributed by atoms with Crippen molar-refractivity contribution in [1.82, 2.24) is 9.88 Å². The number of nitrogens with two attached hydrogens (primary N) is 1. The van der Waals surface area contributed by atoms with E-state index in [1.807, 2.05) is 11.8 Å². The average Bonchev–Trinajstić information content (AvgIpc) is 3.38. The van der Waals surface area contributed by atoms with Crippen molar-refractivity contribution in [1.29, 1.82) is 0 Å². The molecular formula is C30H40N4O6S. The molecule has 1 saturated heterocycles. The van der Waals surface area contributed by atoms with Crippen LogP contribution in [0.1, 0.15) is 72.8 Å². The van der Waals surface area contributed by atoms with Gasteiger partial charge in [-0.3, -0.25) is 19.7 Å². The molecule has 2 heterocycles. The van der Waals surface area contributed by atoms with E-state index in [2.05, 4.69) is 12.2 Å². The number of rotatable bonds is 7. The number of aliphatic hydroxyl groups excluding tert-OH is 2. The number of ether oxygens (including phenoxy) is 1. The third-order valence-electron chi connectivity index (χ3n) is 10.1. The van der Waals surface area contributed by atoms with Gasteiger partial charge in [-0.15, -0.1) is 11.3 Å². The second-order valence-electron chi connectivity index (χ2n) is 12.3. The molecule has 3 amide bonds. The highest BCUT2D eigenvalue weighted by molar-refractivity contribution is 7.15. The molecule has 5 N–H and O–H groups in total. The maximum absolute atomic E-state index is 13.7. The summed E-state index contributed by atoms with van der Waals surface area (Å²) in [5, 5.41) is 24.9. The number of fused-ring (bicyclic) bond motifs is 2. The fourth-order valence-corrected chi connectivity index (χ4v) is 8.39. The molecule has 1 aromatic heterocycles. The van der Waals surface area contributed by atoms with Crippen molar-refractivity contribution in [2.75, 3.05) is 32.1 Å². The second kappa shape index (κ2) is 11.3.